The molecule has 2 nitrogen and oxygen atoms in total. The molecule has 0 spiro atoms. The summed E-state index contributed by atoms with van der Waals surface area (Å²) in [5.41, 5.74) is 6.29. The van der Waals surface area contributed by atoms with Crippen molar-refractivity contribution in [2.24, 2.45) is 17.8 Å². The van der Waals surface area contributed by atoms with Crippen molar-refractivity contribution < 1.29 is 0 Å². The van der Waals surface area contributed by atoms with Crippen LogP contribution in [0.15, 0.2) is 6.20 Å². The molecule has 4 saturated carbocycles. The zero-order valence-electron chi connectivity index (χ0n) is 9.48. The minimum absolute atomic E-state index is 0.442. The highest BCUT2D eigenvalue weighted by atomic mass is 32.1. The van der Waals surface area contributed by atoms with Crippen LogP contribution in [-0.4, -0.2) is 4.98 Å². The van der Waals surface area contributed by atoms with Gasteiger partial charge in [-0.1, -0.05) is 0 Å². The number of nitrogens with two attached hydrogens (primary N) is 1. The van der Waals surface area contributed by atoms with E-state index in [-0.39, 0.29) is 0 Å². The van der Waals surface area contributed by atoms with Crippen LogP contribution in [0.1, 0.15) is 43.5 Å². The largest absolute Gasteiger partial charge is 0.389 e. The van der Waals surface area contributed by atoms with E-state index in [0.717, 1.165) is 22.8 Å². The first kappa shape index (κ1) is 9.46. The number of rotatable bonds is 1. The molecule has 3 heteroatoms. The Bertz CT molecular complexity index is 388. The van der Waals surface area contributed by atoms with E-state index in [1.165, 1.54) is 43.5 Å². The van der Waals surface area contributed by atoms with Crippen molar-refractivity contribution in [2.75, 3.05) is 5.73 Å². The van der Waals surface area contributed by atoms with E-state index in [1.54, 1.807) is 11.3 Å². The summed E-state index contributed by atoms with van der Waals surface area (Å²) in [5, 5.41) is 2.25. The van der Waals surface area contributed by atoms with Crippen molar-refractivity contribution in [3.8, 4) is 0 Å². The summed E-state index contributed by atoms with van der Waals surface area (Å²) in [6.45, 7) is 0. The Morgan fingerprint density at radius 2 is 1.69 bits per heavy atom. The number of nitrogen functional groups attached to an aromatic ring is 1. The summed E-state index contributed by atoms with van der Waals surface area (Å²) in [6.07, 6.45) is 10.5. The lowest BCUT2D eigenvalue weighted by Gasteiger charge is -2.56. The van der Waals surface area contributed by atoms with Crippen molar-refractivity contribution in [1.29, 1.82) is 0 Å². The molecule has 4 aliphatic carbocycles. The summed E-state index contributed by atoms with van der Waals surface area (Å²) in [6, 6.07) is 0. The summed E-state index contributed by atoms with van der Waals surface area (Å²) in [4.78, 5) is 4.60. The molecule has 0 aliphatic heterocycles. The van der Waals surface area contributed by atoms with Crippen molar-refractivity contribution in [3.05, 3.63) is 11.2 Å². The number of anilines is 1. The molecule has 0 unspecified atom stereocenters. The van der Waals surface area contributed by atoms with Crippen molar-refractivity contribution in [3.63, 3.8) is 0 Å². The summed E-state index contributed by atoms with van der Waals surface area (Å²) in [7, 11) is 0. The van der Waals surface area contributed by atoms with Crippen LogP contribution < -0.4 is 5.73 Å². The van der Waals surface area contributed by atoms with Crippen LogP contribution in [-0.2, 0) is 5.41 Å². The van der Waals surface area contributed by atoms with Crippen LogP contribution in [0.2, 0.25) is 0 Å². The number of thiazole rings is 1. The lowest BCUT2D eigenvalue weighted by Crippen LogP contribution is -2.48. The highest BCUT2D eigenvalue weighted by Crippen LogP contribution is 2.61. The Morgan fingerprint density at radius 3 is 2.12 bits per heavy atom. The fraction of sp³-hybridized carbons (Fsp3) is 0.769. The van der Waals surface area contributed by atoms with Gasteiger partial charge in [0, 0.05) is 5.41 Å². The minimum atomic E-state index is 0.442. The summed E-state index contributed by atoms with van der Waals surface area (Å²) < 4.78 is 0. The van der Waals surface area contributed by atoms with E-state index in [0.29, 0.717) is 5.41 Å². The minimum Gasteiger partial charge on any atom is -0.389 e. The molecule has 86 valence electrons. The topological polar surface area (TPSA) is 38.9 Å². The molecule has 5 rings (SSSR count). The van der Waals surface area contributed by atoms with E-state index in [2.05, 4.69) is 4.98 Å². The third-order valence-corrected chi connectivity index (χ3v) is 6.09. The van der Waals surface area contributed by atoms with E-state index in [4.69, 9.17) is 5.73 Å². The Morgan fingerprint density at radius 1 is 1.12 bits per heavy atom. The zero-order valence-corrected chi connectivity index (χ0v) is 10.3. The molecule has 1 aromatic rings. The molecule has 16 heavy (non-hydrogen) atoms. The molecule has 4 aliphatic rings. The number of nitrogens with zero attached hydrogens (tertiary/aromatic N) is 1. The van der Waals surface area contributed by atoms with Crippen LogP contribution in [0.5, 0.6) is 0 Å². The van der Waals surface area contributed by atoms with Crippen LogP contribution in [0.25, 0.3) is 0 Å². The third kappa shape index (κ3) is 1.21. The number of aromatic nitrogens is 1. The second kappa shape index (κ2) is 3.00. The van der Waals surface area contributed by atoms with Gasteiger partial charge in [-0.3, -0.25) is 0 Å². The van der Waals surface area contributed by atoms with Crippen molar-refractivity contribution in [2.45, 2.75) is 43.9 Å². The molecule has 2 N–H and O–H groups in total. The highest BCUT2D eigenvalue weighted by Gasteiger charge is 2.52. The fourth-order valence-corrected chi connectivity index (χ4v) is 5.80. The molecule has 0 atom stereocenters. The van der Waals surface area contributed by atoms with E-state index in [1.807, 2.05) is 6.20 Å². The monoisotopic (exact) mass is 234 g/mol. The molecule has 4 fully saturated rings. The highest BCUT2D eigenvalue weighted by molar-refractivity contribution is 7.15. The average molecular weight is 234 g/mol. The maximum Gasteiger partial charge on any atom is 0.106 e. The SMILES string of the molecule is Nc1cnc(C23CC4CC(CC(C4)C2)C3)s1. The fourth-order valence-electron chi connectivity index (χ4n) is 4.90. The molecule has 4 bridgehead atoms. The maximum atomic E-state index is 5.85. The summed E-state index contributed by atoms with van der Waals surface area (Å²) >= 11 is 1.74. The quantitative estimate of drug-likeness (QED) is 0.810. The lowest BCUT2D eigenvalue weighted by molar-refractivity contribution is -0.00527. The van der Waals surface area contributed by atoms with Crippen LogP contribution >= 0.6 is 11.3 Å². The molecule has 0 amide bonds. The molecule has 1 heterocycles. The van der Waals surface area contributed by atoms with Gasteiger partial charge in [-0.2, -0.15) is 0 Å². The zero-order chi connectivity index (χ0) is 10.8. The Hall–Kier alpha value is -0.570. The predicted molar refractivity (Wildman–Crippen MR) is 66.4 cm³/mol. The first-order valence-electron chi connectivity index (χ1n) is 6.45. The Labute approximate surface area is 100 Å². The second-order valence-corrected chi connectivity index (χ2v) is 7.33. The number of hydrogen-bond acceptors (Lipinski definition) is 3. The Balaban J connectivity index is 1.76. The van der Waals surface area contributed by atoms with Gasteiger partial charge in [0.1, 0.15) is 10.0 Å². The molecule has 1 aromatic heterocycles. The maximum absolute atomic E-state index is 5.85. The first-order valence-corrected chi connectivity index (χ1v) is 7.27. The van der Waals surface area contributed by atoms with Gasteiger partial charge in [-0.15, -0.1) is 11.3 Å². The summed E-state index contributed by atoms with van der Waals surface area (Å²) in [5.74, 6) is 2.99. The van der Waals surface area contributed by atoms with Gasteiger partial charge >= 0.3 is 0 Å². The smallest absolute Gasteiger partial charge is 0.106 e. The number of hydrogen-bond donors (Lipinski definition) is 1. The van der Waals surface area contributed by atoms with Crippen LogP contribution in [0.3, 0.4) is 0 Å². The first-order chi connectivity index (χ1) is 7.73. The van der Waals surface area contributed by atoms with Crippen LogP contribution in [0, 0.1) is 17.8 Å². The van der Waals surface area contributed by atoms with Crippen molar-refractivity contribution in [1.82, 2.24) is 4.98 Å². The van der Waals surface area contributed by atoms with Gasteiger partial charge in [0.05, 0.1) is 6.20 Å². The predicted octanol–water partition coefficient (Wildman–Crippen LogP) is 3.19. The van der Waals surface area contributed by atoms with E-state index < -0.39 is 0 Å². The lowest BCUT2D eigenvalue weighted by atomic mass is 9.50. The normalized spacial score (nSPS) is 45.1. The van der Waals surface area contributed by atoms with Gasteiger partial charge in [-0.05, 0) is 56.3 Å². The van der Waals surface area contributed by atoms with Gasteiger partial charge in [0.15, 0.2) is 0 Å². The van der Waals surface area contributed by atoms with Crippen LogP contribution in [0.4, 0.5) is 5.00 Å². The van der Waals surface area contributed by atoms with Gasteiger partial charge in [-0.25, -0.2) is 4.98 Å². The van der Waals surface area contributed by atoms with Gasteiger partial charge in [0.25, 0.3) is 0 Å². The standard InChI is InChI=1S/C13H18N2S/c14-11-7-15-12(16-11)13-4-8-1-9(5-13)3-10(2-8)6-13/h7-10H,1-6,14H2. The van der Waals surface area contributed by atoms with Crippen molar-refractivity contribution >= 4 is 16.3 Å². The van der Waals surface area contributed by atoms with Gasteiger partial charge < -0.3 is 5.73 Å². The average Bonchev–Trinajstić information content (AvgIpc) is 2.63. The molecular weight excluding hydrogens is 216 g/mol. The molecule has 0 saturated heterocycles. The van der Waals surface area contributed by atoms with E-state index in [9.17, 15) is 0 Å². The van der Waals surface area contributed by atoms with Gasteiger partial charge in [0.2, 0.25) is 0 Å². The molecular formula is C13H18N2S. The molecule has 0 radical (unpaired) electrons. The second-order valence-electron chi connectivity index (χ2n) is 6.27. The molecule has 0 aromatic carbocycles. The third-order valence-electron chi connectivity index (χ3n) is 5.02. The Kier molecular flexibility index (Phi) is 1.78. The van der Waals surface area contributed by atoms with E-state index >= 15 is 0 Å².